The largest absolute Gasteiger partial charge is 0.483 e. The number of carbonyl (C=O) groups excluding carboxylic acids is 2. The van der Waals surface area contributed by atoms with Crippen LogP contribution in [0.5, 0.6) is 5.75 Å². The van der Waals surface area contributed by atoms with Crippen LogP contribution in [0.4, 0.5) is 11.4 Å². The van der Waals surface area contributed by atoms with Gasteiger partial charge in [0, 0.05) is 11.3 Å². The summed E-state index contributed by atoms with van der Waals surface area (Å²) in [6.45, 7) is 3.87. The topological polar surface area (TPSA) is 58.6 Å². The summed E-state index contributed by atoms with van der Waals surface area (Å²) in [6.07, 6.45) is 1.75. The van der Waals surface area contributed by atoms with Crippen LogP contribution in [0.25, 0.3) is 6.08 Å². The van der Waals surface area contributed by atoms with E-state index in [1.54, 1.807) is 12.1 Å². The van der Waals surface area contributed by atoms with Gasteiger partial charge in [0.25, 0.3) is 11.8 Å². The number of aryl methyl sites for hydroxylation is 2. The van der Waals surface area contributed by atoms with Crippen molar-refractivity contribution in [3.8, 4) is 5.75 Å². The molecule has 0 spiro atoms. The molecule has 1 saturated heterocycles. The summed E-state index contributed by atoms with van der Waals surface area (Å²) in [5, 5.41) is 2.85. The number of benzene rings is 3. The van der Waals surface area contributed by atoms with Gasteiger partial charge in [-0.3, -0.25) is 14.5 Å². The molecule has 1 fully saturated rings. The third-order valence-corrected chi connectivity index (χ3v) is 6.47. The highest BCUT2D eigenvalue weighted by molar-refractivity contribution is 8.27. The Kier molecular flexibility index (Phi) is 6.91. The van der Waals surface area contributed by atoms with E-state index in [0.29, 0.717) is 20.5 Å². The van der Waals surface area contributed by atoms with E-state index in [1.165, 1.54) is 16.7 Å². The first-order chi connectivity index (χ1) is 15.9. The van der Waals surface area contributed by atoms with E-state index in [0.717, 1.165) is 22.5 Å². The maximum Gasteiger partial charge on any atom is 0.270 e. The first-order valence-electron chi connectivity index (χ1n) is 10.3. The molecule has 0 atom stereocenters. The highest BCUT2D eigenvalue weighted by Crippen LogP contribution is 2.37. The molecule has 0 saturated carbocycles. The lowest BCUT2D eigenvalue weighted by atomic mass is 10.1. The monoisotopic (exact) mass is 474 g/mol. The van der Waals surface area contributed by atoms with Gasteiger partial charge in [0.2, 0.25) is 0 Å². The zero-order valence-corrected chi connectivity index (χ0v) is 19.8. The van der Waals surface area contributed by atoms with E-state index in [1.807, 2.05) is 80.6 Å². The molecule has 0 bridgehead atoms. The second-order valence-electron chi connectivity index (χ2n) is 7.53. The molecular formula is C26H22N2O3S2. The Morgan fingerprint density at radius 2 is 1.76 bits per heavy atom. The average molecular weight is 475 g/mol. The molecule has 3 aromatic carbocycles. The Morgan fingerprint density at radius 3 is 2.52 bits per heavy atom. The molecule has 1 aliphatic heterocycles. The number of nitrogens with one attached hydrogen (secondary N) is 1. The fraction of sp³-hybridized carbons (Fsp3) is 0.115. The molecule has 3 aromatic rings. The van der Waals surface area contributed by atoms with Gasteiger partial charge in [0.1, 0.15) is 5.75 Å². The predicted octanol–water partition coefficient (Wildman–Crippen LogP) is 5.73. The van der Waals surface area contributed by atoms with Gasteiger partial charge in [-0.15, -0.1) is 0 Å². The molecule has 4 rings (SSSR count). The smallest absolute Gasteiger partial charge is 0.270 e. The van der Waals surface area contributed by atoms with E-state index in [-0.39, 0.29) is 18.4 Å². The minimum atomic E-state index is -0.261. The normalized spacial score (nSPS) is 14.6. The highest BCUT2D eigenvalue weighted by Gasteiger charge is 2.33. The third-order valence-electron chi connectivity index (χ3n) is 5.16. The molecule has 1 N–H and O–H groups in total. The summed E-state index contributed by atoms with van der Waals surface area (Å²) < 4.78 is 6.26. The van der Waals surface area contributed by atoms with Crippen LogP contribution in [0.1, 0.15) is 16.7 Å². The third kappa shape index (κ3) is 5.32. The van der Waals surface area contributed by atoms with Crippen LogP contribution in [-0.4, -0.2) is 22.7 Å². The van der Waals surface area contributed by atoms with Crippen molar-refractivity contribution < 1.29 is 14.3 Å². The molecule has 2 amide bonds. The standard InChI is InChI=1S/C26H22N2O3S2/c1-17-12-13-20(14-18(17)2)27-24(29)16-31-22-11-7-6-8-19(22)15-23-25(30)28(26(32)33-23)21-9-4-3-5-10-21/h3-15H,16H2,1-2H3,(H,27,29)/b23-15-. The van der Waals surface area contributed by atoms with Crippen LogP contribution >= 0.6 is 24.0 Å². The van der Waals surface area contributed by atoms with Crippen molar-refractivity contribution in [1.82, 2.24) is 0 Å². The predicted molar refractivity (Wildman–Crippen MR) is 139 cm³/mol. The van der Waals surface area contributed by atoms with E-state index in [4.69, 9.17) is 17.0 Å². The number of anilines is 2. The fourth-order valence-electron chi connectivity index (χ4n) is 3.30. The number of para-hydroxylation sites is 2. The summed E-state index contributed by atoms with van der Waals surface area (Å²) in [5.74, 6) is 0.0691. The summed E-state index contributed by atoms with van der Waals surface area (Å²) in [5.41, 5.74) is 4.42. The Hall–Kier alpha value is -3.42. The number of nitrogens with zero attached hydrogens (tertiary/aromatic N) is 1. The van der Waals surface area contributed by atoms with Crippen molar-refractivity contribution in [2.45, 2.75) is 13.8 Å². The van der Waals surface area contributed by atoms with Crippen LogP contribution in [0, 0.1) is 13.8 Å². The quantitative estimate of drug-likeness (QED) is 0.365. The SMILES string of the molecule is Cc1ccc(NC(=O)COc2ccccc2/C=C2\SC(=S)N(c3ccccc3)C2=O)cc1C. The summed E-state index contributed by atoms with van der Waals surface area (Å²) in [7, 11) is 0. The lowest BCUT2D eigenvalue weighted by molar-refractivity contribution is -0.118. The van der Waals surface area contributed by atoms with Crippen LogP contribution < -0.4 is 15.0 Å². The number of thiocarbonyl (C=S) groups is 1. The fourth-order valence-corrected chi connectivity index (χ4v) is 4.59. The summed E-state index contributed by atoms with van der Waals surface area (Å²) in [4.78, 5) is 27.4. The average Bonchev–Trinajstić information content (AvgIpc) is 3.09. The van der Waals surface area contributed by atoms with Gasteiger partial charge in [-0.25, -0.2) is 0 Å². The van der Waals surface area contributed by atoms with Crippen molar-refractivity contribution in [2.24, 2.45) is 0 Å². The van der Waals surface area contributed by atoms with Crippen molar-refractivity contribution in [3.63, 3.8) is 0 Å². The molecule has 1 aliphatic rings. The van der Waals surface area contributed by atoms with Crippen LogP contribution in [-0.2, 0) is 9.59 Å². The van der Waals surface area contributed by atoms with Gasteiger partial charge >= 0.3 is 0 Å². The maximum atomic E-state index is 13.0. The lowest BCUT2D eigenvalue weighted by Crippen LogP contribution is -2.27. The lowest BCUT2D eigenvalue weighted by Gasteiger charge is -2.14. The molecule has 0 aliphatic carbocycles. The summed E-state index contributed by atoms with van der Waals surface area (Å²) in [6, 6.07) is 22.4. The zero-order chi connectivity index (χ0) is 23.4. The van der Waals surface area contributed by atoms with Gasteiger partial charge in [0.15, 0.2) is 10.9 Å². The molecule has 33 heavy (non-hydrogen) atoms. The van der Waals surface area contributed by atoms with Crippen LogP contribution in [0.15, 0.2) is 77.7 Å². The second kappa shape index (κ2) is 10.0. The molecule has 5 nitrogen and oxygen atoms in total. The first kappa shape index (κ1) is 22.8. The Balaban J connectivity index is 1.47. The highest BCUT2D eigenvalue weighted by atomic mass is 32.2. The van der Waals surface area contributed by atoms with E-state index in [2.05, 4.69) is 5.32 Å². The molecular weight excluding hydrogens is 452 g/mol. The number of hydrogen-bond acceptors (Lipinski definition) is 5. The van der Waals surface area contributed by atoms with E-state index < -0.39 is 0 Å². The molecule has 7 heteroatoms. The molecule has 1 heterocycles. The number of ether oxygens (including phenoxy) is 1. The minimum Gasteiger partial charge on any atom is -0.483 e. The number of thioether (sulfide) groups is 1. The van der Waals surface area contributed by atoms with Gasteiger partial charge in [-0.05, 0) is 61.4 Å². The number of rotatable bonds is 6. The van der Waals surface area contributed by atoms with E-state index in [9.17, 15) is 9.59 Å². The second-order valence-corrected chi connectivity index (χ2v) is 9.20. The molecule has 0 radical (unpaired) electrons. The number of carbonyl (C=O) groups is 2. The van der Waals surface area contributed by atoms with Crippen molar-refractivity contribution >= 4 is 57.6 Å². The Bertz CT molecular complexity index is 1260. The van der Waals surface area contributed by atoms with Crippen molar-refractivity contribution in [2.75, 3.05) is 16.8 Å². The zero-order valence-electron chi connectivity index (χ0n) is 18.2. The van der Waals surface area contributed by atoms with Gasteiger partial charge in [0.05, 0.1) is 10.6 Å². The van der Waals surface area contributed by atoms with E-state index >= 15 is 0 Å². The Labute approximate surface area is 202 Å². The molecule has 0 unspecified atom stereocenters. The van der Waals surface area contributed by atoms with Gasteiger partial charge in [-0.2, -0.15) is 0 Å². The minimum absolute atomic E-state index is 0.150. The van der Waals surface area contributed by atoms with Gasteiger partial charge < -0.3 is 10.1 Å². The van der Waals surface area contributed by atoms with Crippen LogP contribution in [0.3, 0.4) is 0 Å². The Morgan fingerprint density at radius 1 is 1.03 bits per heavy atom. The van der Waals surface area contributed by atoms with Crippen molar-refractivity contribution in [3.05, 3.63) is 94.4 Å². The van der Waals surface area contributed by atoms with Crippen molar-refractivity contribution in [1.29, 1.82) is 0 Å². The maximum absolute atomic E-state index is 13.0. The number of hydrogen-bond donors (Lipinski definition) is 1. The molecule has 0 aromatic heterocycles. The molecule has 166 valence electrons. The van der Waals surface area contributed by atoms with Gasteiger partial charge in [-0.1, -0.05) is 66.4 Å². The van der Waals surface area contributed by atoms with Crippen LogP contribution in [0.2, 0.25) is 0 Å². The first-order valence-corrected chi connectivity index (χ1v) is 11.6. The summed E-state index contributed by atoms with van der Waals surface area (Å²) >= 11 is 6.68. The number of amides is 2.